The molecule has 0 bridgehead atoms. The predicted octanol–water partition coefficient (Wildman–Crippen LogP) is 2.31. The lowest BCUT2D eigenvalue weighted by molar-refractivity contribution is 0.151. The summed E-state index contributed by atoms with van der Waals surface area (Å²) in [7, 11) is 0. The monoisotopic (exact) mass is 358 g/mol. The molecule has 3 aromatic rings. The van der Waals surface area contributed by atoms with Gasteiger partial charge in [-0.15, -0.1) is 12.4 Å². The Bertz CT molecular complexity index is 847. The lowest BCUT2D eigenvalue weighted by atomic mass is 10.1. The van der Waals surface area contributed by atoms with Crippen LogP contribution in [0.4, 0.5) is 0 Å². The summed E-state index contributed by atoms with van der Waals surface area (Å²) >= 11 is 0. The molecule has 1 unspecified atom stereocenters. The third kappa shape index (κ3) is 3.51. The van der Waals surface area contributed by atoms with E-state index in [1.807, 2.05) is 31.6 Å². The lowest BCUT2D eigenvalue weighted by Gasteiger charge is -2.36. The molecule has 6 nitrogen and oxygen atoms in total. The number of nitrogens with zero attached hydrogens (tertiary/aromatic N) is 5. The Labute approximate surface area is 153 Å². The van der Waals surface area contributed by atoms with Crippen LogP contribution in [-0.4, -0.2) is 43.9 Å². The van der Waals surface area contributed by atoms with Gasteiger partial charge in [-0.3, -0.25) is 14.3 Å². The molecule has 1 aliphatic rings. The number of piperazine rings is 1. The maximum atomic E-state index is 4.54. The Balaban J connectivity index is 0.00000182. The van der Waals surface area contributed by atoms with Gasteiger partial charge in [0.2, 0.25) is 5.78 Å². The quantitative estimate of drug-likeness (QED) is 0.778. The van der Waals surface area contributed by atoms with Crippen molar-refractivity contribution < 1.29 is 0 Å². The maximum absolute atomic E-state index is 4.54. The van der Waals surface area contributed by atoms with Crippen molar-refractivity contribution in [3.8, 4) is 0 Å². The van der Waals surface area contributed by atoms with Gasteiger partial charge in [0.15, 0.2) is 0 Å². The summed E-state index contributed by atoms with van der Waals surface area (Å²) in [6.45, 7) is 7.93. The highest BCUT2D eigenvalue weighted by molar-refractivity contribution is 5.85. The minimum absolute atomic E-state index is 0. The van der Waals surface area contributed by atoms with Crippen LogP contribution in [0, 0.1) is 13.8 Å². The molecule has 0 aliphatic carbocycles. The number of aromatic nitrogens is 4. The first-order valence-corrected chi connectivity index (χ1v) is 8.37. The zero-order valence-corrected chi connectivity index (χ0v) is 15.3. The van der Waals surface area contributed by atoms with Crippen molar-refractivity contribution in [3.63, 3.8) is 0 Å². The molecule has 4 heterocycles. The van der Waals surface area contributed by atoms with E-state index >= 15 is 0 Å². The summed E-state index contributed by atoms with van der Waals surface area (Å²) < 4.78 is 2.16. The fourth-order valence-electron chi connectivity index (χ4n) is 3.55. The van der Waals surface area contributed by atoms with E-state index in [4.69, 9.17) is 0 Å². The second-order valence-corrected chi connectivity index (χ2v) is 6.40. The first-order chi connectivity index (χ1) is 11.7. The van der Waals surface area contributed by atoms with Gasteiger partial charge in [-0.1, -0.05) is 6.07 Å². The zero-order chi connectivity index (χ0) is 16.5. The van der Waals surface area contributed by atoms with Gasteiger partial charge in [-0.25, -0.2) is 9.97 Å². The fraction of sp³-hybridized carbons (Fsp3) is 0.389. The molecule has 1 saturated heterocycles. The summed E-state index contributed by atoms with van der Waals surface area (Å²) in [5.74, 6) is 0.788. The molecule has 1 fully saturated rings. The molecule has 1 N–H and O–H groups in total. The largest absolute Gasteiger partial charge is 0.314 e. The topological polar surface area (TPSA) is 58.4 Å². The van der Waals surface area contributed by atoms with Crippen LogP contribution in [0.5, 0.6) is 0 Å². The molecule has 4 rings (SSSR count). The summed E-state index contributed by atoms with van der Waals surface area (Å²) in [4.78, 5) is 15.8. The average molecular weight is 359 g/mol. The van der Waals surface area contributed by atoms with E-state index in [1.54, 1.807) is 0 Å². The predicted molar refractivity (Wildman–Crippen MR) is 100.0 cm³/mol. The van der Waals surface area contributed by atoms with Gasteiger partial charge in [-0.05, 0) is 31.5 Å². The third-order valence-corrected chi connectivity index (χ3v) is 4.65. The summed E-state index contributed by atoms with van der Waals surface area (Å²) in [5.41, 5.74) is 4.63. The molecule has 25 heavy (non-hydrogen) atoms. The normalized spacial score (nSPS) is 18.2. The van der Waals surface area contributed by atoms with E-state index in [0.29, 0.717) is 6.04 Å². The van der Waals surface area contributed by atoms with Crippen LogP contribution in [0.2, 0.25) is 0 Å². The van der Waals surface area contributed by atoms with Gasteiger partial charge in [0, 0.05) is 56.0 Å². The standard InChI is InChI=1S/C18H22N6.ClH/c1-13-8-14(2)24-16(10-21-18(24)22-13)12-23-7-6-20-11-17(23)15-4-3-5-19-9-15;/h3-5,8-10,17,20H,6-7,11-12H2,1-2H3;1H. The average Bonchev–Trinajstić information content (AvgIpc) is 2.99. The number of hydrogen-bond acceptors (Lipinski definition) is 5. The van der Waals surface area contributed by atoms with E-state index in [-0.39, 0.29) is 12.4 Å². The molecule has 0 radical (unpaired) electrons. The molecule has 1 atom stereocenters. The Morgan fingerprint density at radius 3 is 2.96 bits per heavy atom. The van der Waals surface area contributed by atoms with E-state index in [9.17, 15) is 0 Å². The SMILES string of the molecule is Cc1cc(C)n2c(CN3CCNCC3c3cccnc3)cnc2n1.Cl. The first kappa shape index (κ1) is 17.8. The van der Waals surface area contributed by atoms with Crippen molar-refractivity contribution in [2.75, 3.05) is 19.6 Å². The third-order valence-electron chi connectivity index (χ3n) is 4.65. The number of hydrogen-bond donors (Lipinski definition) is 1. The van der Waals surface area contributed by atoms with Crippen molar-refractivity contribution in [2.24, 2.45) is 0 Å². The summed E-state index contributed by atoms with van der Waals surface area (Å²) in [6.07, 6.45) is 5.75. The van der Waals surface area contributed by atoms with Crippen molar-refractivity contribution in [3.05, 3.63) is 59.4 Å². The van der Waals surface area contributed by atoms with Crippen LogP contribution in [0.1, 0.15) is 28.7 Å². The number of halogens is 1. The molecule has 132 valence electrons. The first-order valence-electron chi connectivity index (χ1n) is 8.37. The smallest absolute Gasteiger partial charge is 0.234 e. The Morgan fingerprint density at radius 2 is 2.16 bits per heavy atom. The maximum Gasteiger partial charge on any atom is 0.234 e. The second-order valence-electron chi connectivity index (χ2n) is 6.40. The Morgan fingerprint density at radius 1 is 1.28 bits per heavy atom. The van der Waals surface area contributed by atoms with Crippen molar-refractivity contribution in [1.29, 1.82) is 0 Å². The number of nitrogens with one attached hydrogen (secondary N) is 1. The highest BCUT2D eigenvalue weighted by Gasteiger charge is 2.25. The van der Waals surface area contributed by atoms with Crippen molar-refractivity contribution >= 4 is 18.2 Å². The minimum Gasteiger partial charge on any atom is -0.314 e. The molecule has 0 saturated carbocycles. The number of rotatable bonds is 3. The van der Waals surface area contributed by atoms with Crippen LogP contribution in [-0.2, 0) is 6.54 Å². The molecule has 1 aliphatic heterocycles. The lowest BCUT2D eigenvalue weighted by Crippen LogP contribution is -2.45. The van der Waals surface area contributed by atoms with E-state index in [1.165, 1.54) is 17.0 Å². The van der Waals surface area contributed by atoms with E-state index in [2.05, 4.69) is 48.6 Å². The fourth-order valence-corrected chi connectivity index (χ4v) is 3.55. The number of pyridine rings is 1. The molecular weight excluding hydrogens is 336 g/mol. The Kier molecular flexibility index (Phi) is 5.32. The number of fused-ring (bicyclic) bond motifs is 1. The Hall–Kier alpha value is -2.02. The van der Waals surface area contributed by atoms with Gasteiger partial charge < -0.3 is 5.32 Å². The van der Waals surface area contributed by atoms with Gasteiger partial charge in [0.25, 0.3) is 0 Å². The van der Waals surface area contributed by atoms with Gasteiger partial charge >= 0.3 is 0 Å². The van der Waals surface area contributed by atoms with Gasteiger partial charge in [-0.2, -0.15) is 0 Å². The molecular formula is C18H23ClN6. The van der Waals surface area contributed by atoms with E-state index in [0.717, 1.165) is 37.7 Å². The van der Waals surface area contributed by atoms with Crippen molar-refractivity contribution in [1.82, 2.24) is 29.6 Å². The highest BCUT2D eigenvalue weighted by atomic mass is 35.5. The number of imidazole rings is 1. The van der Waals surface area contributed by atoms with Crippen LogP contribution in [0.15, 0.2) is 36.8 Å². The molecule has 0 amide bonds. The van der Waals surface area contributed by atoms with E-state index < -0.39 is 0 Å². The molecule has 7 heteroatoms. The van der Waals surface area contributed by atoms with Gasteiger partial charge in [0.1, 0.15) is 0 Å². The molecule has 0 spiro atoms. The van der Waals surface area contributed by atoms with Crippen LogP contribution >= 0.6 is 12.4 Å². The van der Waals surface area contributed by atoms with Crippen LogP contribution in [0.25, 0.3) is 5.78 Å². The highest BCUT2D eigenvalue weighted by Crippen LogP contribution is 2.24. The number of aryl methyl sites for hydroxylation is 2. The summed E-state index contributed by atoms with van der Waals surface area (Å²) in [5, 5.41) is 3.49. The minimum atomic E-state index is 0. The second kappa shape index (κ2) is 7.47. The summed E-state index contributed by atoms with van der Waals surface area (Å²) in [6, 6.07) is 6.60. The van der Waals surface area contributed by atoms with Gasteiger partial charge in [0.05, 0.1) is 11.9 Å². The zero-order valence-electron chi connectivity index (χ0n) is 14.5. The van der Waals surface area contributed by atoms with Crippen molar-refractivity contribution in [2.45, 2.75) is 26.4 Å². The molecule has 0 aromatic carbocycles. The van der Waals surface area contributed by atoms with Crippen LogP contribution in [0.3, 0.4) is 0 Å². The van der Waals surface area contributed by atoms with Crippen LogP contribution < -0.4 is 5.32 Å². The molecule has 3 aromatic heterocycles.